The van der Waals surface area contributed by atoms with Gasteiger partial charge < -0.3 is 10.2 Å². The van der Waals surface area contributed by atoms with Crippen molar-refractivity contribution in [2.45, 2.75) is 18.9 Å². The van der Waals surface area contributed by atoms with Crippen LogP contribution in [0.1, 0.15) is 23.2 Å². The van der Waals surface area contributed by atoms with E-state index in [1.165, 1.54) is 12.1 Å². The smallest absolute Gasteiger partial charge is 0.255 e. The summed E-state index contributed by atoms with van der Waals surface area (Å²) in [6, 6.07) is 4.68. The first kappa shape index (κ1) is 13.5. The summed E-state index contributed by atoms with van der Waals surface area (Å²) in [5.41, 5.74) is 0.401. The number of nitrogens with one attached hydrogen (secondary N) is 1. The normalized spacial score (nSPS) is 16.9. The summed E-state index contributed by atoms with van der Waals surface area (Å²) in [6.07, 6.45) is 1.88. The summed E-state index contributed by atoms with van der Waals surface area (Å²) in [4.78, 5) is 14.1. The van der Waals surface area contributed by atoms with E-state index in [0.29, 0.717) is 29.2 Å². The molecule has 0 saturated carbocycles. The van der Waals surface area contributed by atoms with Crippen LogP contribution in [0.15, 0.2) is 22.7 Å². The molecule has 1 heterocycles. The molecule has 1 amide bonds. The van der Waals surface area contributed by atoms with E-state index in [4.69, 9.17) is 0 Å². The maximum absolute atomic E-state index is 13.2. The Morgan fingerprint density at radius 2 is 2.11 bits per heavy atom. The molecule has 0 unspecified atom stereocenters. The largest absolute Gasteiger partial charge is 0.338 e. The Kier molecular flexibility index (Phi) is 4.35. The van der Waals surface area contributed by atoms with Crippen LogP contribution in [-0.2, 0) is 0 Å². The van der Waals surface area contributed by atoms with Crippen molar-refractivity contribution in [2.75, 3.05) is 20.1 Å². The van der Waals surface area contributed by atoms with Crippen LogP contribution in [0.3, 0.4) is 0 Å². The predicted molar refractivity (Wildman–Crippen MR) is 72.1 cm³/mol. The topological polar surface area (TPSA) is 32.3 Å². The van der Waals surface area contributed by atoms with E-state index in [2.05, 4.69) is 21.2 Å². The average Bonchev–Trinajstić information content (AvgIpc) is 2.41. The van der Waals surface area contributed by atoms with Crippen molar-refractivity contribution >= 4 is 21.8 Å². The summed E-state index contributed by atoms with van der Waals surface area (Å²) in [6.45, 7) is 1.43. The quantitative estimate of drug-likeness (QED) is 0.909. The van der Waals surface area contributed by atoms with Crippen molar-refractivity contribution in [1.29, 1.82) is 0 Å². The second-order valence-electron chi connectivity index (χ2n) is 4.48. The summed E-state index contributed by atoms with van der Waals surface area (Å²) in [7, 11) is 1.94. The van der Waals surface area contributed by atoms with Gasteiger partial charge in [-0.15, -0.1) is 0 Å². The number of amides is 1. The van der Waals surface area contributed by atoms with Crippen LogP contribution in [0.5, 0.6) is 0 Å². The van der Waals surface area contributed by atoms with Gasteiger partial charge in [0, 0.05) is 23.6 Å². The predicted octanol–water partition coefficient (Wildman–Crippen LogP) is 2.41. The Hall–Kier alpha value is -0.940. The molecule has 0 aromatic heterocycles. The number of nitrogens with zero attached hydrogens (tertiary/aromatic N) is 1. The van der Waals surface area contributed by atoms with Crippen molar-refractivity contribution in [2.24, 2.45) is 0 Å². The molecule has 18 heavy (non-hydrogen) atoms. The molecular formula is C13H16BrFN2O. The molecule has 5 heteroatoms. The van der Waals surface area contributed by atoms with Gasteiger partial charge in [-0.25, -0.2) is 4.39 Å². The molecule has 0 aliphatic carbocycles. The SMILES string of the molecule is CNC1CCN(C(=O)c2cc(F)ccc2Br)CC1. The molecule has 0 spiro atoms. The van der Waals surface area contributed by atoms with Gasteiger partial charge in [0.1, 0.15) is 5.82 Å². The van der Waals surface area contributed by atoms with Crippen molar-refractivity contribution in [3.63, 3.8) is 0 Å². The maximum atomic E-state index is 13.2. The lowest BCUT2D eigenvalue weighted by atomic mass is 10.0. The molecule has 3 nitrogen and oxygen atoms in total. The van der Waals surface area contributed by atoms with Crippen molar-refractivity contribution in [3.8, 4) is 0 Å². The Balaban J connectivity index is 2.10. The molecule has 0 bridgehead atoms. The number of halogens is 2. The molecule has 1 N–H and O–H groups in total. The third kappa shape index (κ3) is 2.90. The fourth-order valence-corrected chi connectivity index (χ4v) is 2.62. The van der Waals surface area contributed by atoms with Gasteiger partial charge in [-0.3, -0.25) is 4.79 Å². The molecule has 0 atom stereocenters. The third-order valence-electron chi connectivity index (χ3n) is 3.35. The molecule has 1 fully saturated rings. The van der Waals surface area contributed by atoms with E-state index in [1.54, 1.807) is 11.0 Å². The molecule has 0 radical (unpaired) electrons. The van der Waals surface area contributed by atoms with Gasteiger partial charge in [-0.1, -0.05) is 0 Å². The van der Waals surface area contributed by atoms with Crippen LogP contribution in [-0.4, -0.2) is 37.0 Å². The zero-order valence-electron chi connectivity index (χ0n) is 10.2. The molecule has 1 aliphatic heterocycles. The van der Waals surface area contributed by atoms with Crippen LogP contribution in [0, 0.1) is 5.82 Å². The minimum atomic E-state index is -0.383. The number of rotatable bonds is 2. The van der Waals surface area contributed by atoms with Gasteiger partial charge >= 0.3 is 0 Å². The molecule has 98 valence electrons. The van der Waals surface area contributed by atoms with Crippen molar-refractivity contribution in [3.05, 3.63) is 34.1 Å². The average molecular weight is 315 g/mol. The van der Waals surface area contributed by atoms with Crippen LogP contribution < -0.4 is 5.32 Å². The Morgan fingerprint density at radius 1 is 1.44 bits per heavy atom. The Morgan fingerprint density at radius 3 is 2.72 bits per heavy atom. The second-order valence-corrected chi connectivity index (χ2v) is 5.33. The van der Waals surface area contributed by atoms with Gasteiger partial charge in [0.25, 0.3) is 5.91 Å². The number of piperidine rings is 1. The number of hydrogen-bond donors (Lipinski definition) is 1. The van der Waals surface area contributed by atoms with Gasteiger partial charge in [-0.2, -0.15) is 0 Å². The van der Waals surface area contributed by atoms with Crippen LogP contribution in [0.4, 0.5) is 4.39 Å². The fraction of sp³-hybridized carbons (Fsp3) is 0.462. The minimum absolute atomic E-state index is 0.101. The van der Waals surface area contributed by atoms with E-state index < -0.39 is 0 Å². The minimum Gasteiger partial charge on any atom is -0.338 e. The zero-order valence-corrected chi connectivity index (χ0v) is 11.8. The Labute approximate surface area is 114 Å². The standard InChI is InChI=1S/C13H16BrFN2O/c1-16-10-4-6-17(7-5-10)13(18)11-8-9(15)2-3-12(11)14/h2-3,8,10,16H,4-7H2,1H3. The number of hydrogen-bond acceptors (Lipinski definition) is 2. The van der Waals surface area contributed by atoms with E-state index in [9.17, 15) is 9.18 Å². The lowest BCUT2D eigenvalue weighted by molar-refractivity contribution is 0.0706. The Bertz CT molecular complexity index is 445. The molecule has 2 rings (SSSR count). The lowest BCUT2D eigenvalue weighted by Gasteiger charge is -2.32. The summed E-state index contributed by atoms with van der Waals surface area (Å²) < 4.78 is 13.8. The van der Waals surface area contributed by atoms with E-state index >= 15 is 0 Å². The fourth-order valence-electron chi connectivity index (χ4n) is 2.20. The first-order valence-electron chi connectivity index (χ1n) is 6.03. The van der Waals surface area contributed by atoms with Crippen LogP contribution in [0.2, 0.25) is 0 Å². The molecule has 1 aromatic carbocycles. The highest BCUT2D eigenvalue weighted by atomic mass is 79.9. The molecular weight excluding hydrogens is 299 g/mol. The van der Waals surface area contributed by atoms with Gasteiger partial charge in [-0.05, 0) is 54.0 Å². The van der Waals surface area contributed by atoms with E-state index in [1.807, 2.05) is 7.05 Å². The maximum Gasteiger partial charge on any atom is 0.255 e. The third-order valence-corrected chi connectivity index (χ3v) is 4.04. The van der Waals surface area contributed by atoms with Crippen LogP contribution in [0.25, 0.3) is 0 Å². The van der Waals surface area contributed by atoms with Gasteiger partial charge in [0.05, 0.1) is 5.56 Å². The number of benzene rings is 1. The molecule has 1 aliphatic rings. The van der Waals surface area contributed by atoms with E-state index in [-0.39, 0.29) is 11.7 Å². The number of carbonyl (C=O) groups is 1. The summed E-state index contributed by atoms with van der Waals surface area (Å²) in [5.74, 6) is -0.484. The molecule has 1 aromatic rings. The highest BCUT2D eigenvalue weighted by Crippen LogP contribution is 2.21. The number of carbonyl (C=O) groups excluding carboxylic acids is 1. The summed E-state index contributed by atoms with van der Waals surface area (Å²) >= 11 is 3.30. The zero-order chi connectivity index (χ0) is 13.1. The van der Waals surface area contributed by atoms with Crippen molar-refractivity contribution in [1.82, 2.24) is 10.2 Å². The number of likely N-dealkylation sites (tertiary alicyclic amines) is 1. The second kappa shape index (κ2) is 5.80. The highest BCUT2D eigenvalue weighted by Gasteiger charge is 2.24. The first-order chi connectivity index (χ1) is 8.61. The summed E-state index contributed by atoms with van der Waals surface area (Å²) in [5, 5.41) is 3.22. The van der Waals surface area contributed by atoms with Gasteiger partial charge in [0.15, 0.2) is 0 Å². The lowest BCUT2D eigenvalue weighted by Crippen LogP contribution is -2.44. The van der Waals surface area contributed by atoms with E-state index in [0.717, 1.165) is 12.8 Å². The van der Waals surface area contributed by atoms with Gasteiger partial charge in [0.2, 0.25) is 0 Å². The first-order valence-corrected chi connectivity index (χ1v) is 6.82. The van der Waals surface area contributed by atoms with Crippen LogP contribution >= 0.6 is 15.9 Å². The monoisotopic (exact) mass is 314 g/mol. The highest BCUT2D eigenvalue weighted by molar-refractivity contribution is 9.10. The van der Waals surface area contributed by atoms with Crippen molar-refractivity contribution < 1.29 is 9.18 Å². The molecule has 1 saturated heterocycles.